The van der Waals surface area contributed by atoms with Crippen LogP contribution < -0.4 is 0 Å². The van der Waals surface area contributed by atoms with Gasteiger partial charge in [-0.25, -0.2) is 0 Å². The zero-order valence-electron chi connectivity index (χ0n) is 9.16. The molecule has 0 fully saturated rings. The first-order valence-electron chi connectivity index (χ1n) is 4.59. The van der Waals surface area contributed by atoms with Crippen LogP contribution in [0.2, 0.25) is 18.1 Å². The Morgan fingerprint density at radius 3 is 2.00 bits per heavy atom. The molecule has 0 amide bonds. The molecule has 0 radical (unpaired) electrons. The molecule has 0 spiro atoms. The maximum absolute atomic E-state index is 5.98. The van der Waals surface area contributed by atoms with Gasteiger partial charge >= 0.3 is 0 Å². The zero-order chi connectivity index (χ0) is 10.7. The molecule has 0 unspecified atom stereocenters. The van der Waals surface area contributed by atoms with Gasteiger partial charge < -0.3 is 4.43 Å². The van der Waals surface area contributed by atoms with Crippen LogP contribution >= 0.6 is 31.9 Å². The van der Waals surface area contributed by atoms with Crippen molar-refractivity contribution in [3.8, 4) is 0 Å². The summed E-state index contributed by atoms with van der Waals surface area (Å²) in [6.45, 7) is 12.2. The Hall–Kier alpha value is 1.14. The molecule has 13 heavy (non-hydrogen) atoms. The lowest BCUT2D eigenvalue weighted by Crippen LogP contribution is -2.41. The molecule has 0 heterocycles. The fraction of sp³-hybridized carbons (Fsp3) is 1.00. The second kappa shape index (κ2) is 5.28. The molecule has 0 aromatic heterocycles. The van der Waals surface area contributed by atoms with E-state index in [1.807, 2.05) is 0 Å². The third kappa shape index (κ3) is 5.55. The topological polar surface area (TPSA) is 9.23 Å². The normalized spacial score (nSPS) is 13.8. The summed E-state index contributed by atoms with van der Waals surface area (Å²) in [4.78, 5) is 0. The number of halogens is 2. The molecule has 0 aromatic rings. The Bertz CT molecular complexity index is 152. The van der Waals surface area contributed by atoms with Gasteiger partial charge in [-0.2, -0.15) is 0 Å². The molecule has 0 saturated carbocycles. The Kier molecular flexibility index (Phi) is 5.75. The number of rotatable bonds is 4. The summed E-state index contributed by atoms with van der Waals surface area (Å²) in [5.74, 6) is 0. The Labute approximate surface area is 100 Å². The molecule has 0 aliphatic heterocycles. The molecule has 1 nitrogen and oxygen atoms in total. The summed E-state index contributed by atoms with van der Waals surface area (Å²) < 4.78 is 6.36. The third-order valence-corrected chi connectivity index (χ3v) is 8.06. The van der Waals surface area contributed by atoms with E-state index in [0.717, 1.165) is 13.0 Å². The average molecular weight is 332 g/mol. The van der Waals surface area contributed by atoms with Gasteiger partial charge in [0.05, 0.1) is 3.74 Å². The fourth-order valence-electron chi connectivity index (χ4n) is 0.620. The maximum Gasteiger partial charge on any atom is 0.191 e. The van der Waals surface area contributed by atoms with E-state index in [0.29, 0.717) is 8.77 Å². The molecule has 0 rings (SSSR count). The van der Waals surface area contributed by atoms with Crippen LogP contribution in [0, 0.1) is 0 Å². The quantitative estimate of drug-likeness (QED) is 0.543. The summed E-state index contributed by atoms with van der Waals surface area (Å²) in [6, 6.07) is 0. The Morgan fingerprint density at radius 1 is 1.23 bits per heavy atom. The third-order valence-electron chi connectivity index (χ3n) is 2.61. The maximum atomic E-state index is 5.98. The highest BCUT2D eigenvalue weighted by molar-refractivity contribution is 9.24. The SMILES string of the molecule is CC(C)(C)[Si](C)(C)OCCC(Br)Br. The molecule has 0 aromatic carbocycles. The van der Waals surface area contributed by atoms with E-state index in [4.69, 9.17) is 4.43 Å². The van der Waals surface area contributed by atoms with Crippen LogP contribution in [0.5, 0.6) is 0 Å². The molecular weight excluding hydrogens is 312 g/mol. The predicted molar refractivity (Wildman–Crippen MR) is 69.4 cm³/mol. The van der Waals surface area contributed by atoms with Crippen LogP contribution in [0.3, 0.4) is 0 Å². The van der Waals surface area contributed by atoms with Crippen molar-refractivity contribution in [2.45, 2.75) is 49.1 Å². The molecule has 0 atom stereocenters. The van der Waals surface area contributed by atoms with Crippen LogP contribution in [-0.4, -0.2) is 18.7 Å². The monoisotopic (exact) mass is 330 g/mol. The minimum absolute atomic E-state index is 0.321. The number of hydrogen-bond donors (Lipinski definition) is 0. The minimum atomic E-state index is -1.51. The largest absolute Gasteiger partial charge is 0.417 e. The van der Waals surface area contributed by atoms with Crippen molar-refractivity contribution in [3.05, 3.63) is 0 Å². The van der Waals surface area contributed by atoms with Crippen molar-refractivity contribution in [3.63, 3.8) is 0 Å². The van der Waals surface area contributed by atoms with Gasteiger partial charge in [0.15, 0.2) is 8.32 Å². The van der Waals surface area contributed by atoms with E-state index in [1.54, 1.807) is 0 Å². The van der Waals surface area contributed by atoms with Crippen molar-refractivity contribution in [1.82, 2.24) is 0 Å². The highest BCUT2D eigenvalue weighted by atomic mass is 79.9. The summed E-state index contributed by atoms with van der Waals surface area (Å²) in [7, 11) is -1.51. The van der Waals surface area contributed by atoms with Gasteiger partial charge in [0.2, 0.25) is 0 Å². The van der Waals surface area contributed by atoms with Gasteiger partial charge in [-0.15, -0.1) is 0 Å². The highest BCUT2D eigenvalue weighted by Gasteiger charge is 2.36. The van der Waals surface area contributed by atoms with Gasteiger partial charge in [0, 0.05) is 6.61 Å². The first kappa shape index (κ1) is 14.1. The smallest absolute Gasteiger partial charge is 0.191 e. The Balaban J connectivity index is 3.90. The van der Waals surface area contributed by atoms with Crippen molar-refractivity contribution in [2.75, 3.05) is 6.61 Å². The van der Waals surface area contributed by atoms with E-state index in [1.165, 1.54) is 0 Å². The Morgan fingerprint density at radius 2 is 1.69 bits per heavy atom. The van der Waals surface area contributed by atoms with Crippen molar-refractivity contribution in [2.24, 2.45) is 0 Å². The zero-order valence-corrected chi connectivity index (χ0v) is 13.3. The molecule has 80 valence electrons. The summed E-state index contributed by atoms with van der Waals surface area (Å²) in [5, 5.41) is 0.321. The fourth-order valence-corrected chi connectivity index (χ4v) is 2.05. The second-order valence-electron chi connectivity index (χ2n) is 4.79. The average Bonchev–Trinajstić information content (AvgIpc) is 1.82. The van der Waals surface area contributed by atoms with Crippen LogP contribution in [0.25, 0.3) is 0 Å². The predicted octanol–water partition coefficient (Wildman–Crippen LogP) is 4.51. The highest BCUT2D eigenvalue weighted by Crippen LogP contribution is 2.36. The molecule has 0 bridgehead atoms. The van der Waals surface area contributed by atoms with Gasteiger partial charge in [-0.05, 0) is 24.6 Å². The van der Waals surface area contributed by atoms with Gasteiger partial charge in [-0.1, -0.05) is 52.6 Å². The van der Waals surface area contributed by atoms with Crippen LogP contribution in [0.15, 0.2) is 0 Å². The molecule has 0 aliphatic rings. The molecule has 0 aliphatic carbocycles. The number of hydrogen-bond acceptors (Lipinski definition) is 1. The first-order valence-corrected chi connectivity index (χ1v) is 9.33. The standard InChI is InChI=1S/C9H20Br2OSi/c1-9(2,3)13(4,5)12-7-6-8(10)11/h8H,6-7H2,1-5H3. The lowest BCUT2D eigenvalue weighted by Gasteiger charge is -2.36. The summed E-state index contributed by atoms with van der Waals surface area (Å²) >= 11 is 6.89. The molecule has 4 heteroatoms. The van der Waals surface area contributed by atoms with Gasteiger partial charge in [-0.3, -0.25) is 0 Å². The van der Waals surface area contributed by atoms with Crippen molar-refractivity contribution in [1.29, 1.82) is 0 Å². The molecule has 0 N–H and O–H groups in total. The van der Waals surface area contributed by atoms with Crippen LogP contribution in [-0.2, 0) is 4.43 Å². The second-order valence-corrected chi connectivity index (χ2v) is 13.0. The van der Waals surface area contributed by atoms with Crippen molar-refractivity contribution < 1.29 is 4.43 Å². The van der Waals surface area contributed by atoms with Crippen LogP contribution in [0.4, 0.5) is 0 Å². The first-order chi connectivity index (χ1) is 5.67. The lowest BCUT2D eigenvalue weighted by atomic mass is 10.2. The van der Waals surface area contributed by atoms with E-state index in [9.17, 15) is 0 Å². The number of alkyl halides is 2. The molecule has 0 saturated heterocycles. The van der Waals surface area contributed by atoms with Crippen molar-refractivity contribution >= 4 is 40.2 Å². The van der Waals surface area contributed by atoms with E-state index >= 15 is 0 Å². The lowest BCUT2D eigenvalue weighted by molar-refractivity contribution is 0.288. The molecular formula is C9H20Br2OSi. The van der Waals surface area contributed by atoms with Crippen LogP contribution in [0.1, 0.15) is 27.2 Å². The van der Waals surface area contributed by atoms with E-state index < -0.39 is 8.32 Å². The summed E-state index contributed by atoms with van der Waals surface area (Å²) in [5.41, 5.74) is 0. The van der Waals surface area contributed by atoms with Gasteiger partial charge in [0.25, 0.3) is 0 Å². The minimum Gasteiger partial charge on any atom is -0.417 e. The summed E-state index contributed by atoms with van der Waals surface area (Å²) in [6.07, 6.45) is 1.02. The van der Waals surface area contributed by atoms with E-state index in [2.05, 4.69) is 65.7 Å². The van der Waals surface area contributed by atoms with Gasteiger partial charge in [0.1, 0.15) is 0 Å². The van der Waals surface area contributed by atoms with E-state index in [-0.39, 0.29) is 0 Å².